The predicted molar refractivity (Wildman–Crippen MR) is 251 cm³/mol. The van der Waals surface area contributed by atoms with Crippen LogP contribution in [0.4, 0.5) is 0 Å². The zero-order valence-electron chi connectivity index (χ0n) is 34.0. The van der Waals surface area contributed by atoms with E-state index in [-0.39, 0.29) is 0 Å². The summed E-state index contributed by atoms with van der Waals surface area (Å²) in [7, 11) is 0. The molecule has 1 aliphatic carbocycles. The van der Waals surface area contributed by atoms with E-state index in [4.69, 9.17) is 24.4 Å². The van der Waals surface area contributed by atoms with Gasteiger partial charge < -0.3 is 9.47 Å². The van der Waals surface area contributed by atoms with Crippen LogP contribution in [0.15, 0.2) is 224 Å². The van der Waals surface area contributed by atoms with E-state index >= 15 is 0 Å². The first-order valence-corrected chi connectivity index (χ1v) is 21.2. The Balaban J connectivity index is 1.01. The summed E-state index contributed by atoms with van der Waals surface area (Å²) in [5.41, 5.74) is 13.3. The fraction of sp³-hybridized carbons (Fsp3) is 0.0172. The first-order chi connectivity index (χ1) is 31.2. The van der Waals surface area contributed by atoms with Gasteiger partial charge in [0.25, 0.3) is 0 Å². The predicted octanol–water partition coefficient (Wildman–Crippen LogP) is 14.5. The minimum atomic E-state index is -0.567. The molecule has 0 radical (unpaired) electrons. The van der Waals surface area contributed by atoms with Crippen LogP contribution in [0, 0.1) is 0 Å². The molecule has 12 rings (SSSR count). The fourth-order valence-electron chi connectivity index (χ4n) is 9.41. The van der Waals surface area contributed by atoms with Crippen LogP contribution >= 0.6 is 0 Å². The van der Waals surface area contributed by atoms with Crippen molar-refractivity contribution in [3.05, 3.63) is 247 Å². The topological polar surface area (TPSA) is 57.1 Å². The molecule has 0 atom stereocenters. The van der Waals surface area contributed by atoms with Crippen LogP contribution in [0.3, 0.4) is 0 Å². The lowest BCUT2D eigenvalue weighted by molar-refractivity contribution is 0.360. The van der Waals surface area contributed by atoms with E-state index in [1.54, 1.807) is 0 Å². The van der Waals surface area contributed by atoms with Crippen molar-refractivity contribution in [1.29, 1.82) is 0 Å². The molecule has 0 bridgehead atoms. The molecule has 296 valence electrons. The SMILES string of the molecule is c1ccc(-c2cccc(-c3nc(-c4cccc(-c5ccccc5)c4)nc(-c4cccc5c4Oc4cc6c(cc4O5)C(c4ccccc4)(c4ccccc4)c4ccccc4-6)n3)c2)cc1. The van der Waals surface area contributed by atoms with Crippen LogP contribution in [0.1, 0.15) is 22.3 Å². The van der Waals surface area contributed by atoms with E-state index in [0.717, 1.165) is 50.1 Å². The smallest absolute Gasteiger partial charge is 0.181 e. The summed E-state index contributed by atoms with van der Waals surface area (Å²) in [6.07, 6.45) is 0. The molecule has 1 aliphatic heterocycles. The van der Waals surface area contributed by atoms with Crippen LogP contribution in [0.25, 0.3) is 67.5 Å². The second-order valence-corrected chi connectivity index (χ2v) is 15.9. The highest BCUT2D eigenvalue weighted by Gasteiger charge is 2.47. The molecule has 63 heavy (non-hydrogen) atoms. The van der Waals surface area contributed by atoms with Gasteiger partial charge in [0.2, 0.25) is 0 Å². The monoisotopic (exact) mass is 807 g/mol. The molecular weight excluding hydrogens is 771 g/mol. The molecule has 2 heterocycles. The molecule has 5 heteroatoms. The van der Waals surface area contributed by atoms with Crippen molar-refractivity contribution in [2.24, 2.45) is 0 Å². The van der Waals surface area contributed by atoms with Crippen LogP contribution in [-0.4, -0.2) is 15.0 Å². The van der Waals surface area contributed by atoms with Crippen LogP contribution < -0.4 is 9.47 Å². The standard InChI is InChI=1S/C58H37N3O2/c1-5-18-38(19-6-1)40-22-15-24-42(34-40)55-59-56(43-25-16-23-41(35-43)39-20-7-2-8-21-39)61-57(60-55)47-31-17-33-51-54(47)63-52-36-48-46-30-13-14-32-49(46)58(44-26-9-3-10-27-44,45-28-11-4-12-29-45)50(48)37-53(52)62-51/h1-37H. The Bertz CT molecular complexity index is 3190. The summed E-state index contributed by atoms with van der Waals surface area (Å²) < 4.78 is 13.9. The van der Waals surface area contributed by atoms with Crippen LogP contribution in [0.2, 0.25) is 0 Å². The van der Waals surface area contributed by atoms with E-state index in [9.17, 15) is 0 Å². The van der Waals surface area contributed by atoms with Crippen molar-refractivity contribution in [3.63, 3.8) is 0 Å². The molecule has 10 aromatic rings. The zero-order valence-corrected chi connectivity index (χ0v) is 34.0. The lowest BCUT2D eigenvalue weighted by Crippen LogP contribution is -2.28. The number of hydrogen-bond donors (Lipinski definition) is 0. The number of rotatable bonds is 7. The zero-order chi connectivity index (χ0) is 41.7. The average Bonchev–Trinajstić information content (AvgIpc) is 3.65. The van der Waals surface area contributed by atoms with Gasteiger partial charge in [0.15, 0.2) is 40.5 Å². The van der Waals surface area contributed by atoms with Gasteiger partial charge in [-0.2, -0.15) is 0 Å². The molecule has 2 aliphatic rings. The van der Waals surface area contributed by atoms with Crippen molar-refractivity contribution in [3.8, 4) is 90.5 Å². The largest absolute Gasteiger partial charge is 0.449 e. The first kappa shape index (κ1) is 36.4. The van der Waals surface area contributed by atoms with Gasteiger partial charge in [-0.05, 0) is 92.0 Å². The number of hydrogen-bond acceptors (Lipinski definition) is 5. The summed E-state index contributed by atoms with van der Waals surface area (Å²) >= 11 is 0. The van der Waals surface area contributed by atoms with Crippen molar-refractivity contribution in [2.75, 3.05) is 0 Å². The van der Waals surface area contributed by atoms with Gasteiger partial charge in [0.1, 0.15) is 0 Å². The highest BCUT2D eigenvalue weighted by molar-refractivity contribution is 5.89. The van der Waals surface area contributed by atoms with Crippen molar-refractivity contribution >= 4 is 0 Å². The number of fused-ring (bicyclic) bond motifs is 5. The van der Waals surface area contributed by atoms with E-state index in [2.05, 4.69) is 194 Å². The van der Waals surface area contributed by atoms with Gasteiger partial charge in [-0.1, -0.05) is 188 Å². The lowest BCUT2D eigenvalue weighted by Gasteiger charge is -2.34. The Morgan fingerprint density at radius 2 is 0.746 bits per heavy atom. The third-order valence-corrected chi connectivity index (χ3v) is 12.3. The van der Waals surface area contributed by atoms with E-state index < -0.39 is 5.41 Å². The maximum absolute atomic E-state index is 7.00. The van der Waals surface area contributed by atoms with Gasteiger partial charge in [0, 0.05) is 11.1 Å². The number of benzene rings is 9. The third kappa shape index (κ3) is 6.13. The maximum Gasteiger partial charge on any atom is 0.181 e. The van der Waals surface area contributed by atoms with Gasteiger partial charge in [0.05, 0.1) is 11.0 Å². The molecule has 0 spiro atoms. The van der Waals surface area contributed by atoms with Crippen LogP contribution in [0.5, 0.6) is 23.0 Å². The summed E-state index contributed by atoms with van der Waals surface area (Å²) in [5, 5.41) is 0. The molecule has 0 N–H and O–H groups in total. The Labute approximate surface area is 365 Å². The van der Waals surface area contributed by atoms with E-state index in [0.29, 0.717) is 46.0 Å². The molecule has 9 aromatic carbocycles. The molecule has 0 saturated heterocycles. The number of para-hydroxylation sites is 1. The van der Waals surface area contributed by atoms with Crippen LogP contribution in [-0.2, 0) is 5.41 Å². The Hall–Kier alpha value is -8.41. The highest BCUT2D eigenvalue weighted by Crippen LogP contribution is 2.60. The Morgan fingerprint density at radius 3 is 1.35 bits per heavy atom. The second-order valence-electron chi connectivity index (χ2n) is 15.9. The van der Waals surface area contributed by atoms with Gasteiger partial charge in [-0.15, -0.1) is 0 Å². The number of nitrogens with zero attached hydrogens (tertiary/aromatic N) is 3. The third-order valence-electron chi connectivity index (χ3n) is 12.3. The minimum absolute atomic E-state index is 0.479. The Morgan fingerprint density at radius 1 is 0.286 bits per heavy atom. The lowest BCUT2D eigenvalue weighted by atomic mass is 9.67. The van der Waals surface area contributed by atoms with Crippen molar-refractivity contribution in [2.45, 2.75) is 5.41 Å². The number of ether oxygens (including phenoxy) is 2. The normalized spacial score (nSPS) is 12.8. The van der Waals surface area contributed by atoms with E-state index in [1.807, 2.05) is 30.3 Å². The quantitative estimate of drug-likeness (QED) is 0.161. The second kappa shape index (κ2) is 14.9. The molecule has 0 unspecified atom stereocenters. The molecule has 5 nitrogen and oxygen atoms in total. The van der Waals surface area contributed by atoms with Gasteiger partial charge in [-0.25, -0.2) is 15.0 Å². The highest BCUT2D eigenvalue weighted by atomic mass is 16.6. The fourth-order valence-corrected chi connectivity index (χ4v) is 9.41. The van der Waals surface area contributed by atoms with Crippen molar-refractivity contribution < 1.29 is 9.47 Å². The maximum atomic E-state index is 7.00. The molecule has 0 amide bonds. The first-order valence-electron chi connectivity index (χ1n) is 21.2. The summed E-state index contributed by atoms with van der Waals surface area (Å²) in [5.74, 6) is 4.00. The number of aromatic nitrogens is 3. The molecular formula is C58H37N3O2. The minimum Gasteiger partial charge on any atom is -0.449 e. The van der Waals surface area contributed by atoms with Crippen molar-refractivity contribution in [1.82, 2.24) is 15.0 Å². The average molecular weight is 808 g/mol. The molecule has 0 saturated carbocycles. The summed E-state index contributed by atoms with van der Waals surface area (Å²) in [4.78, 5) is 15.5. The summed E-state index contributed by atoms with van der Waals surface area (Å²) in [6, 6.07) is 77.9. The molecule has 1 aromatic heterocycles. The summed E-state index contributed by atoms with van der Waals surface area (Å²) in [6.45, 7) is 0. The van der Waals surface area contributed by atoms with E-state index in [1.165, 1.54) is 16.7 Å². The van der Waals surface area contributed by atoms with Gasteiger partial charge >= 0.3 is 0 Å². The van der Waals surface area contributed by atoms with Gasteiger partial charge in [-0.3, -0.25) is 0 Å². The molecule has 0 fully saturated rings. The Kier molecular flexibility index (Phi) is 8.64.